The molecule has 27 heavy (non-hydrogen) atoms. The Morgan fingerprint density at radius 2 is 2.00 bits per heavy atom. The van der Waals surface area contributed by atoms with Crippen molar-refractivity contribution >= 4 is 11.7 Å². The highest BCUT2D eigenvalue weighted by molar-refractivity contribution is 5.90. The van der Waals surface area contributed by atoms with E-state index in [1.165, 1.54) is 6.07 Å². The van der Waals surface area contributed by atoms with Gasteiger partial charge < -0.3 is 20.5 Å². The minimum absolute atomic E-state index is 0.197. The molecule has 0 saturated carbocycles. The molecule has 0 fully saturated rings. The lowest BCUT2D eigenvalue weighted by Crippen LogP contribution is -2.42. The Kier molecular flexibility index (Phi) is 4.30. The third kappa shape index (κ3) is 3.49. The fraction of sp³-hybridized carbons (Fsp3) is 0.381. The lowest BCUT2D eigenvalue weighted by Gasteiger charge is -2.38. The molecule has 0 spiro atoms. The van der Waals surface area contributed by atoms with Crippen LogP contribution in [-0.2, 0) is 12.8 Å². The summed E-state index contributed by atoms with van der Waals surface area (Å²) < 4.78 is 20.0. The number of amides is 2. The average molecular weight is 370 g/mol. The molecule has 6 heteroatoms. The number of rotatable bonds is 2. The van der Waals surface area contributed by atoms with E-state index in [2.05, 4.69) is 10.6 Å². The largest absolute Gasteiger partial charge is 0.484 e. The Labute approximate surface area is 157 Å². The maximum Gasteiger partial charge on any atom is 0.319 e. The summed E-state index contributed by atoms with van der Waals surface area (Å²) in [6.45, 7) is 3.75. The number of ether oxygens (including phenoxy) is 1. The van der Waals surface area contributed by atoms with E-state index in [4.69, 9.17) is 4.74 Å². The number of para-hydroxylation sites is 1. The first-order valence-corrected chi connectivity index (χ1v) is 9.16. The van der Waals surface area contributed by atoms with E-state index in [1.807, 2.05) is 32.0 Å². The minimum Gasteiger partial charge on any atom is -0.484 e. The molecule has 2 atom stereocenters. The monoisotopic (exact) mass is 370 g/mol. The van der Waals surface area contributed by atoms with Gasteiger partial charge in [0.25, 0.3) is 0 Å². The van der Waals surface area contributed by atoms with Crippen LogP contribution in [-0.4, -0.2) is 22.8 Å². The van der Waals surface area contributed by atoms with E-state index in [1.54, 1.807) is 12.1 Å². The summed E-state index contributed by atoms with van der Waals surface area (Å²) in [5.74, 6) is -0.231. The van der Waals surface area contributed by atoms with Gasteiger partial charge in [0.2, 0.25) is 0 Å². The Bertz CT molecular complexity index is 897. The number of urea groups is 1. The minimum atomic E-state index is -0.592. The highest BCUT2D eigenvalue weighted by Gasteiger charge is 2.36. The summed E-state index contributed by atoms with van der Waals surface area (Å²) in [5.41, 5.74) is 2.77. The molecular weight excluding hydrogens is 347 g/mol. The predicted octanol–water partition coefficient (Wildman–Crippen LogP) is 3.71. The van der Waals surface area contributed by atoms with Gasteiger partial charge in [0.1, 0.15) is 5.60 Å². The van der Waals surface area contributed by atoms with Crippen molar-refractivity contribution < 1.29 is 19.0 Å². The maximum absolute atomic E-state index is 14.2. The highest BCUT2D eigenvalue weighted by atomic mass is 19.1. The second kappa shape index (κ2) is 6.53. The van der Waals surface area contributed by atoms with E-state index < -0.39 is 17.5 Å². The van der Waals surface area contributed by atoms with Gasteiger partial charge >= 0.3 is 6.03 Å². The van der Waals surface area contributed by atoms with Crippen LogP contribution in [0, 0.1) is 5.82 Å². The van der Waals surface area contributed by atoms with Gasteiger partial charge in [-0.2, -0.15) is 0 Å². The highest BCUT2D eigenvalue weighted by Crippen LogP contribution is 2.41. The van der Waals surface area contributed by atoms with E-state index in [-0.39, 0.29) is 17.8 Å². The first kappa shape index (κ1) is 17.8. The molecule has 0 saturated heterocycles. The molecule has 1 aliphatic carbocycles. The molecule has 0 bridgehead atoms. The smallest absolute Gasteiger partial charge is 0.319 e. The molecule has 2 amide bonds. The van der Waals surface area contributed by atoms with Gasteiger partial charge in [-0.1, -0.05) is 24.3 Å². The zero-order valence-corrected chi connectivity index (χ0v) is 15.4. The number of aliphatic hydroxyl groups excluding tert-OH is 1. The molecule has 0 radical (unpaired) electrons. The van der Waals surface area contributed by atoms with Crippen molar-refractivity contribution in [2.24, 2.45) is 0 Å². The molecule has 5 nitrogen and oxygen atoms in total. The summed E-state index contributed by atoms with van der Waals surface area (Å²) in [6, 6.07) is 9.70. The fourth-order valence-corrected chi connectivity index (χ4v) is 4.02. The number of anilines is 1. The Balaban J connectivity index is 1.54. The molecule has 0 unspecified atom stereocenters. The molecule has 0 aromatic heterocycles. The molecule has 3 N–H and O–H groups in total. The maximum atomic E-state index is 14.2. The molecule has 1 aliphatic heterocycles. The predicted molar refractivity (Wildman–Crippen MR) is 100 cm³/mol. The van der Waals surface area contributed by atoms with Crippen LogP contribution >= 0.6 is 0 Å². The van der Waals surface area contributed by atoms with Crippen LogP contribution < -0.4 is 15.4 Å². The normalized spacial score (nSPS) is 22.4. The summed E-state index contributed by atoms with van der Waals surface area (Å²) in [4.78, 5) is 12.6. The van der Waals surface area contributed by atoms with Crippen molar-refractivity contribution in [1.82, 2.24) is 5.32 Å². The number of hydrogen-bond donors (Lipinski definition) is 3. The van der Waals surface area contributed by atoms with Gasteiger partial charge in [-0.05, 0) is 43.5 Å². The van der Waals surface area contributed by atoms with Crippen molar-refractivity contribution in [1.29, 1.82) is 0 Å². The SMILES string of the molecule is CC1(C)C[C@@H](NC(=O)Nc2cccc3c2C[C@@H](O)C3)c2cccc(F)c2O1. The lowest BCUT2D eigenvalue weighted by molar-refractivity contribution is 0.0630. The zero-order valence-electron chi connectivity index (χ0n) is 15.4. The van der Waals surface area contributed by atoms with E-state index in [0.29, 0.717) is 30.5 Å². The van der Waals surface area contributed by atoms with Gasteiger partial charge in [0.15, 0.2) is 11.6 Å². The molecule has 2 aromatic carbocycles. The Hall–Kier alpha value is -2.60. The third-order valence-corrected chi connectivity index (χ3v) is 5.17. The molecular formula is C21H23FN2O3. The molecule has 142 valence electrons. The van der Waals surface area contributed by atoms with Gasteiger partial charge in [-0.25, -0.2) is 9.18 Å². The summed E-state index contributed by atoms with van der Waals surface area (Å²) in [6.07, 6.45) is 1.26. The summed E-state index contributed by atoms with van der Waals surface area (Å²) in [7, 11) is 0. The molecule has 1 heterocycles. The standard InChI is InChI=1S/C21H23FN2O3/c1-21(2)11-18(14-6-4-7-16(22)19(14)27-21)24-20(26)23-17-8-3-5-12-9-13(25)10-15(12)17/h3-8,13,18,25H,9-11H2,1-2H3,(H2,23,24,26)/t13-,18+/m0/s1. The van der Waals surface area contributed by atoms with Crippen molar-refractivity contribution in [2.75, 3.05) is 5.32 Å². The summed E-state index contributed by atoms with van der Waals surface area (Å²) in [5, 5.41) is 15.7. The second-order valence-corrected chi connectivity index (χ2v) is 7.88. The van der Waals surface area contributed by atoms with Crippen molar-refractivity contribution in [2.45, 2.75) is 50.9 Å². The van der Waals surface area contributed by atoms with E-state index >= 15 is 0 Å². The number of fused-ring (bicyclic) bond motifs is 2. The number of carbonyl (C=O) groups excluding carboxylic acids is 1. The van der Waals surface area contributed by atoms with Crippen LogP contribution in [0.15, 0.2) is 36.4 Å². The fourth-order valence-electron chi connectivity index (χ4n) is 4.02. The van der Waals surface area contributed by atoms with E-state index in [9.17, 15) is 14.3 Å². The summed E-state index contributed by atoms with van der Waals surface area (Å²) >= 11 is 0. The van der Waals surface area contributed by atoms with Gasteiger partial charge in [-0.3, -0.25) is 0 Å². The second-order valence-electron chi connectivity index (χ2n) is 7.88. The first-order valence-electron chi connectivity index (χ1n) is 9.16. The average Bonchev–Trinajstić information content (AvgIpc) is 2.96. The number of aliphatic hydroxyl groups is 1. The Morgan fingerprint density at radius 1 is 1.22 bits per heavy atom. The van der Waals surface area contributed by atoms with Crippen LogP contribution in [0.4, 0.5) is 14.9 Å². The lowest BCUT2D eigenvalue weighted by atomic mass is 9.89. The topological polar surface area (TPSA) is 70.6 Å². The zero-order chi connectivity index (χ0) is 19.2. The van der Waals surface area contributed by atoms with Crippen molar-refractivity contribution in [3.63, 3.8) is 0 Å². The van der Waals surface area contributed by atoms with E-state index in [0.717, 1.165) is 11.1 Å². The van der Waals surface area contributed by atoms with Gasteiger partial charge in [-0.15, -0.1) is 0 Å². The van der Waals surface area contributed by atoms with Crippen molar-refractivity contribution in [3.8, 4) is 5.75 Å². The number of halogens is 1. The van der Waals surface area contributed by atoms with Gasteiger partial charge in [0, 0.05) is 24.1 Å². The number of hydrogen-bond acceptors (Lipinski definition) is 3. The Morgan fingerprint density at radius 3 is 2.81 bits per heavy atom. The molecule has 2 aromatic rings. The van der Waals surface area contributed by atoms with Gasteiger partial charge in [0.05, 0.1) is 12.1 Å². The van der Waals surface area contributed by atoms with Crippen LogP contribution in [0.1, 0.15) is 43.0 Å². The third-order valence-electron chi connectivity index (χ3n) is 5.17. The van der Waals surface area contributed by atoms with Crippen LogP contribution in [0.5, 0.6) is 5.75 Å². The number of carbonyl (C=O) groups is 1. The molecule has 4 rings (SSSR count). The van der Waals surface area contributed by atoms with Crippen LogP contribution in [0.25, 0.3) is 0 Å². The quantitative estimate of drug-likeness (QED) is 0.755. The van der Waals surface area contributed by atoms with Crippen LogP contribution in [0.2, 0.25) is 0 Å². The number of nitrogens with one attached hydrogen (secondary N) is 2. The molecule has 2 aliphatic rings. The van der Waals surface area contributed by atoms with Crippen LogP contribution in [0.3, 0.4) is 0 Å². The van der Waals surface area contributed by atoms with Crippen molar-refractivity contribution in [3.05, 3.63) is 58.9 Å². The first-order chi connectivity index (χ1) is 12.8. The number of benzene rings is 2.